The monoisotopic (exact) mass is 346 g/mol. The second kappa shape index (κ2) is 7.36. The summed E-state index contributed by atoms with van der Waals surface area (Å²) in [5.74, 6) is -0.731. The van der Waals surface area contributed by atoms with Crippen molar-refractivity contribution in [2.24, 2.45) is 0 Å². The number of carbonyl (C=O) groups is 2. The van der Waals surface area contributed by atoms with Gasteiger partial charge in [0, 0.05) is 18.3 Å². The highest BCUT2D eigenvalue weighted by atomic mass is 35.5. The molecule has 0 heterocycles. The summed E-state index contributed by atoms with van der Waals surface area (Å²) in [6.07, 6.45) is 0. The number of halogens is 1. The number of nitrogens with zero attached hydrogens (tertiary/aromatic N) is 1. The molecule has 5 nitrogen and oxygen atoms in total. The van der Waals surface area contributed by atoms with Crippen LogP contribution in [-0.2, 0) is 4.79 Å². The SMILES string of the molecule is Cc1cccc(C)c1NC(=O)CN(C)C(=O)c1ccc(O)c(Cl)c1. The van der Waals surface area contributed by atoms with Gasteiger partial charge < -0.3 is 15.3 Å². The van der Waals surface area contributed by atoms with Crippen LogP contribution in [0, 0.1) is 13.8 Å². The zero-order valence-corrected chi connectivity index (χ0v) is 14.5. The number of benzene rings is 2. The predicted molar refractivity (Wildman–Crippen MR) is 94.6 cm³/mol. The van der Waals surface area contributed by atoms with Gasteiger partial charge in [-0.3, -0.25) is 9.59 Å². The van der Waals surface area contributed by atoms with Crippen molar-refractivity contribution < 1.29 is 14.7 Å². The molecule has 0 atom stereocenters. The van der Waals surface area contributed by atoms with E-state index < -0.39 is 0 Å². The van der Waals surface area contributed by atoms with Gasteiger partial charge >= 0.3 is 0 Å². The Morgan fingerprint density at radius 3 is 2.38 bits per heavy atom. The maximum atomic E-state index is 12.3. The van der Waals surface area contributed by atoms with Crippen LogP contribution in [0.4, 0.5) is 5.69 Å². The summed E-state index contributed by atoms with van der Waals surface area (Å²) in [4.78, 5) is 25.8. The van der Waals surface area contributed by atoms with Gasteiger partial charge in [-0.2, -0.15) is 0 Å². The molecule has 0 aliphatic heterocycles. The van der Waals surface area contributed by atoms with Gasteiger partial charge in [0.15, 0.2) is 0 Å². The third-order valence-electron chi connectivity index (χ3n) is 3.67. The number of amides is 2. The fourth-order valence-corrected chi connectivity index (χ4v) is 2.52. The van der Waals surface area contributed by atoms with Crippen LogP contribution in [0.15, 0.2) is 36.4 Å². The third kappa shape index (κ3) is 4.06. The lowest BCUT2D eigenvalue weighted by Gasteiger charge is -2.18. The molecule has 0 spiro atoms. The number of carbonyl (C=O) groups excluding carboxylic acids is 2. The van der Waals surface area contributed by atoms with Gasteiger partial charge in [0.1, 0.15) is 5.75 Å². The maximum absolute atomic E-state index is 12.3. The number of likely N-dealkylation sites (N-methyl/N-ethyl adjacent to an activating group) is 1. The summed E-state index contributed by atoms with van der Waals surface area (Å²) < 4.78 is 0. The number of aromatic hydroxyl groups is 1. The molecule has 0 aliphatic rings. The van der Waals surface area contributed by atoms with Gasteiger partial charge in [-0.05, 0) is 43.2 Å². The van der Waals surface area contributed by atoms with Crippen molar-refractivity contribution >= 4 is 29.1 Å². The van der Waals surface area contributed by atoms with Crippen molar-refractivity contribution in [1.82, 2.24) is 4.90 Å². The molecule has 2 aromatic carbocycles. The fourth-order valence-electron chi connectivity index (χ4n) is 2.34. The number of hydrogen-bond acceptors (Lipinski definition) is 3. The molecule has 0 saturated heterocycles. The Kier molecular flexibility index (Phi) is 5.46. The van der Waals surface area contributed by atoms with Crippen LogP contribution in [0.1, 0.15) is 21.5 Å². The topological polar surface area (TPSA) is 69.6 Å². The first kappa shape index (κ1) is 17.8. The highest BCUT2D eigenvalue weighted by molar-refractivity contribution is 6.32. The van der Waals surface area contributed by atoms with Gasteiger partial charge in [0.25, 0.3) is 5.91 Å². The Morgan fingerprint density at radius 2 is 1.79 bits per heavy atom. The van der Waals surface area contributed by atoms with Gasteiger partial charge in [0.05, 0.1) is 11.6 Å². The third-order valence-corrected chi connectivity index (χ3v) is 3.97. The van der Waals surface area contributed by atoms with E-state index in [1.165, 1.54) is 30.1 Å². The molecule has 0 unspecified atom stereocenters. The molecule has 0 radical (unpaired) electrons. The molecule has 2 amide bonds. The summed E-state index contributed by atoms with van der Waals surface area (Å²) in [6, 6.07) is 9.93. The molecule has 0 saturated carbocycles. The molecule has 0 aliphatic carbocycles. The van der Waals surface area contributed by atoms with Crippen LogP contribution in [0.3, 0.4) is 0 Å². The molecule has 0 fully saturated rings. The molecule has 24 heavy (non-hydrogen) atoms. The van der Waals surface area contributed by atoms with Crippen LogP contribution >= 0.6 is 11.6 Å². The van der Waals surface area contributed by atoms with E-state index in [0.717, 1.165) is 16.8 Å². The van der Waals surface area contributed by atoms with Crippen molar-refractivity contribution in [2.75, 3.05) is 18.9 Å². The van der Waals surface area contributed by atoms with Crippen LogP contribution in [0.5, 0.6) is 5.75 Å². The number of rotatable bonds is 4. The van der Waals surface area contributed by atoms with Crippen molar-refractivity contribution in [2.45, 2.75) is 13.8 Å². The minimum atomic E-state index is -0.353. The molecule has 0 aromatic heterocycles. The Balaban J connectivity index is 2.05. The van der Waals surface area contributed by atoms with E-state index in [0.29, 0.717) is 5.56 Å². The van der Waals surface area contributed by atoms with Crippen molar-refractivity contribution in [1.29, 1.82) is 0 Å². The largest absolute Gasteiger partial charge is 0.506 e. The van der Waals surface area contributed by atoms with Crippen LogP contribution in [0.2, 0.25) is 5.02 Å². The number of nitrogens with one attached hydrogen (secondary N) is 1. The molecular weight excluding hydrogens is 328 g/mol. The summed E-state index contributed by atoms with van der Waals surface area (Å²) in [5, 5.41) is 12.3. The van der Waals surface area contributed by atoms with E-state index in [-0.39, 0.29) is 29.1 Å². The Hall–Kier alpha value is -2.53. The standard InChI is InChI=1S/C18H19ClN2O3/c1-11-5-4-6-12(2)17(11)20-16(23)10-21(3)18(24)13-7-8-15(22)14(19)9-13/h4-9,22H,10H2,1-3H3,(H,20,23). The van der Waals surface area contributed by atoms with Crippen LogP contribution in [-0.4, -0.2) is 35.4 Å². The van der Waals surface area contributed by atoms with E-state index in [1.54, 1.807) is 0 Å². The number of para-hydroxylation sites is 1. The molecule has 2 aromatic rings. The molecule has 126 valence electrons. The zero-order chi connectivity index (χ0) is 17.9. The van der Waals surface area contributed by atoms with E-state index in [9.17, 15) is 14.7 Å². The molecular formula is C18H19ClN2O3. The zero-order valence-electron chi connectivity index (χ0n) is 13.8. The second-order valence-electron chi connectivity index (χ2n) is 5.64. The van der Waals surface area contributed by atoms with Crippen molar-refractivity contribution in [3.63, 3.8) is 0 Å². The number of phenolic OH excluding ortho intramolecular Hbond substituents is 1. The number of anilines is 1. The van der Waals surface area contributed by atoms with Gasteiger partial charge in [-0.15, -0.1) is 0 Å². The normalized spacial score (nSPS) is 10.3. The Bertz CT molecular complexity index is 770. The highest BCUT2D eigenvalue weighted by Gasteiger charge is 2.17. The first-order chi connectivity index (χ1) is 11.3. The minimum Gasteiger partial charge on any atom is -0.506 e. The van der Waals surface area contributed by atoms with Gasteiger partial charge in [-0.25, -0.2) is 0 Å². The smallest absolute Gasteiger partial charge is 0.254 e. The van der Waals surface area contributed by atoms with Crippen molar-refractivity contribution in [3.8, 4) is 5.75 Å². The average molecular weight is 347 g/mol. The number of hydrogen-bond donors (Lipinski definition) is 2. The van der Waals surface area contributed by atoms with E-state index in [4.69, 9.17) is 11.6 Å². The lowest BCUT2D eigenvalue weighted by molar-refractivity contribution is -0.116. The lowest BCUT2D eigenvalue weighted by Crippen LogP contribution is -2.35. The highest BCUT2D eigenvalue weighted by Crippen LogP contribution is 2.24. The summed E-state index contributed by atoms with van der Waals surface area (Å²) in [6.45, 7) is 3.73. The maximum Gasteiger partial charge on any atom is 0.254 e. The molecule has 2 rings (SSSR count). The molecule has 2 N–H and O–H groups in total. The van der Waals surface area contributed by atoms with Crippen LogP contribution in [0.25, 0.3) is 0 Å². The van der Waals surface area contributed by atoms with E-state index >= 15 is 0 Å². The summed E-state index contributed by atoms with van der Waals surface area (Å²) in [5.41, 5.74) is 2.99. The second-order valence-corrected chi connectivity index (χ2v) is 6.05. The van der Waals surface area contributed by atoms with Crippen LogP contribution < -0.4 is 5.32 Å². The van der Waals surface area contributed by atoms with Crippen molar-refractivity contribution in [3.05, 3.63) is 58.1 Å². The van der Waals surface area contributed by atoms with Gasteiger partial charge in [0.2, 0.25) is 5.91 Å². The molecule has 6 heteroatoms. The predicted octanol–water partition coefficient (Wildman–Crippen LogP) is 3.37. The first-order valence-electron chi connectivity index (χ1n) is 7.39. The lowest BCUT2D eigenvalue weighted by atomic mass is 10.1. The number of phenols is 1. The Morgan fingerprint density at radius 1 is 1.17 bits per heavy atom. The van der Waals surface area contributed by atoms with E-state index in [1.807, 2.05) is 32.0 Å². The first-order valence-corrected chi connectivity index (χ1v) is 7.77. The quantitative estimate of drug-likeness (QED) is 0.891. The number of aryl methyl sites for hydroxylation is 2. The summed E-state index contributed by atoms with van der Waals surface area (Å²) in [7, 11) is 1.54. The van der Waals surface area contributed by atoms with Gasteiger partial charge in [-0.1, -0.05) is 29.8 Å². The minimum absolute atomic E-state index is 0.0919. The van der Waals surface area contributed by atoms with E-state index in [2.05, 4.69) is 5.32 Å². The average Bonchev–Trinajstić information content (AvgIpc) is 2.53. The summed E-state index contributed by atoms with van der Waals surface area (Å²) >= 11 is 5.81. The Labute approximate surface area is 145 Å². The molecule has 0 bridgehead atoms. The fraction of sp³-hybridized carbons (Fsp3) is 0.222.